The molecule has 0 bridgehead atoms. The van der Waals surface area contributed by atoms with E-state index in [1.165, 1.54) is 20.3 Å². The van der Waals surface area contributed by atoms with Gasteiger partial charge in [-0.2, -0.15) is 0 Å². The third-order valence-electron chi connectivity index (χ3n) is 1.55. The lowest BCUT2D eigenvalue weighted by atomic mass is 10.3. The zero-order chi connectivity index (χ0) is 10.7. The first-order valence-electron chi connectivity index (χ1n) is 3.68. The van der Waals surface area contributed by atoms with Crippen LogP contribution < -0.4 is 10.4 Å². The van der Waals surface area contributed by atoms with Crippen LogP contribution in [0.5, 0.6) is 5.75 Å². The highest BCUT2D eigenvalue weighted by molar-refractivity contribution is 9.10. The number of halogens is 1. The molecule has 0 radical (unpaired) electrons. The maximum absolute atomic E-state index is 11.2. The van der Waals surface area contributed by atoms with Gasteiger partial charge >= 0.3 is 5.63 Å². The minimum atomic E-state index is -1.26. The van der Waals surface area contributed by atoms with Crippen molar-refractivity contribution in [3.8, 4) is 5.75 Å². The number of aliphatic hydroxyl groups is 1. The number of ether oxygens (including phenoxy) is 2. The number of methoxy groups -OCH3 is 2. The first-order chi connectivity index (χ1) is 6.60. The third-order valence-corrected chi connectivity index (χ3v) is 2.14. The smallest absolute Gasteiger partial charge is 0.380 e. The summed E-state index contributed by atoms with van der Waals surface area (Å²) in [4.78, 5) is 11.2. The van der Waals surface area contributed by atoms with Gasteiger partial charge < -0.3 is 19.0 Å². The second-order valence-corrected chi connectivity index (χ2v) is 3.26. The zero-order valence-electron chi connectivity index (χ0n) is 7.61. The number of hydrogen-bond donors (Lipinski definition) is 1. The van der Waals surface area contributed by atoms with E-state index in [2.05, 4.69) is 20.7 Å². The van der Waals surface area contributed by atoms with E-state index in [1.807, 2.05) is 0 Å². The van der Waals surface area contributed by atoms with E-state index in [1.54, 1.807) is 0 Å². The topological polar surface area (TPSA) is 68.9 Å². The maximum atomic E-state index is 11.2. The van der Waals surface area contributed by atoms with Crippen molar-refractivity contribution < 1.29 is 19.0 Å². The number of aliphatic hydroxyl groups excluding tert-OH is 1. The minimum absolute atomic E-state index is 0.0187. The first kappa shape index (κ1) is 11.2. The van der Waals surface area contributed by atoms with Gasteiger partial charge in [0.2, 0.25) is 12.0 Å². The maximum Gasteiger partial charge on any atom is 0.380 e. The standard InChI is InChI=1S/C8H9BrO5/c1-12-6-4(9)3-5(7(10)13-2)14-8(6)11/h3,7,10H,1-2H3. The van der Waals surface area contributed by atoms with Crippen molar-refractivity contribution in [2.24, 2.45) is 0 Å². The molecule has 0 aliphatic heterocycles. The van der Waals surface area contributed by atoms with Crippen molar-refractivity contribution in [2.45, 2.75) is 6.29 Å². The lowest BCUT2D eigenvalue weighted by molar-refractivity contribution is -0.0920. The van der Waals surface area contributed by atoms with Crippen LogP contribution in [0.1, 0.15) is 12.1 Å². The van der Waals surface area contributed by atoms with E-state index in [0.717, 1.165) is 0 Å². The van der Waals surface area contributed by atoms with E-state index >= 15 is 0 Å². The van der Waals surface area contributed by atoms with Gasteiger partial charge in [0.25, 0.3) is 0 Å². The van der Waals surface area contributed by atoms with E-state index in [4.69, 9.17) is 9.15 Å². The van der Waals surface area contributed by atoms with Crippen LogP contribution in [0.4, 0.5) is 0 Å². The molecule has 0 saturated carbocycles. The molecule has 0 aliphatic carbocycles. The van der Waals surface area contributed by atoms with Crippen LogP contribution in [-0.2, 0) is 4.74 Å². The molecule has 1 atom stereocenters. The molecule has 78 valence electrons. The molecule has 0 spiro atoms. The normalized spacial score (nSPS) is 12.6. The quantitative estimate of drug-likeness (QED) is 0.827. The molecule has 6 heteroatoms. The summed E-state index contributed by atoms with van der Waals surface area (Å²) in [6, 6.07) is 1.41. The second-order valence-electron chi connectivity index (χ2n) is 2.41. The summed E-state index contributed by atoms with van der Waals surface area (Å²) in [6.07, 6.45) is -1.26. The summed E-state index contributed by atoms with van der Waals surface area (Å²) in [7, 11) is 2.65. The molecule has 5 nitrogen and oxygen atoms in total. The molecule has 1 N–H and O–H groups in total. The van der Waals surface area contributed by atoms with Gasteiger partial charge in [-0.15, -0.1) is 0 Å². The molecule has 0 amide bonds. The van der Waals surface area contributed by atoms with E-state index in [-0.39, 0.29) is 11.5 Å². The van der Waals surface area contributed by atoms with Gasteiger partial charge in [0, 0.05) is 13.2 Å². The lowest BCUT2D eigenvalue weighted by Crippen LogP contribution is -2.09. The van der Waals surface area contributed by atoms with Gasteiger partial charge in [-0.1, -0.05) is 0 Å². The molecule has 0 aliphatic rings. The fraction of sp³-hybridized carbons (Fsp3) is 0.375. The Labute approximate surface area is 88.4 Å². The summed E-state index contributed by atoms with van der Waals surface area (Å²) < 4.78 is 14.5. The Morgan fingerprint density at radius 3 is 2.64 bits per heavy atom. The van der Waals surface area contributed by atoms with Gasteiger partial charge in [0.15, 0.2) is 5.76 Å². The molecule has 1 heterocycles. The van der Waals surface area contributed by atoms with Crippen molar-refractivity contribution in [2.75, 3.05) is 14.2 Å². The van der Waals surface area contributed by atoms with Crippen LogP contribution >= 0.6 is 15.9 Å². The highest BCUT2D eigenvalue weighted by Gasteiger charge is 2.15. The molecule has 0 saturated heterocycles. The van der Waals surface area contributed by atoms with E-state index < -0.39 is 11.9 Å². The summed E-state index contributed by atoms with van der Waals surface area (Å²) in [6.45, 7) is 0. The fourth-order valence-corrected chi connectivity index (χ4v) is 1.44. The van der Waals surface area contributed by atoms with Gasteiger partial charge in [-0.25, -0.2) is 4.79 Å². The zero-order valence-corrected chi connectivity index (χ0v) is 9.20. The summed E-state index contributed by atoms with van der Waals surface area (Å²) in [5, 5.41) is 9.23. The molecule has 0 fully saturated rings. The largest absolute Gasteiger partial charge is 0.489 e. The molecule has 1 aromatic heterocycles. The average Bonchev–Trinajstić information content (AvgIpc) is 2.16. The minimum Gasteiger partial charge on any atom is -0.489 e. The van der Waals surface area contributed by atoms with Crippen LogP contribution in [0.25, 0.3) is 0 Å². The molecule has 1 aromatic rings. The van der Waals surface area contributed by atoms with Gasteiger partial charge in [0.05, 0.1) is 11.6 Å². The number of hydrogen-bond acceptors (Lipinski definition) is 5. The highest BCUT2D eigenvalue weighted by Crippen LogP contribution is 2.24. The Kier molecular flexibility index (Phi) is 3.68. The van der Waals surface area contributed by atoms with Crippen LogP contribution in [0, 0.1) is 0 Å². The van der Waals surface area contributed by atoms with Crippen LogP contribution in [0.15, 0.2) is 19.8 Å². The Morgan fingerprint density at radius 1 is 1.57 bits per heavy atom. The predicted molar refractivity (Wildman–Crippen MR) is 51.2 cm³/mol. The van der Waals surface area contributed by atoms with Crippen LogP contribution in [0.2, 0.25) is 0 Å². The lowest BCUT2D eigenvalue weighted by Gasteiger charge is -2.08. The molecule has 1 rings (SSSR count). The second kappa shape index (κ2) is 4.59. The molecular formula is C8H9BrO5. The Morgan fingerprint density at radius 2 is 2.21 bits per heavy atom. The van der Waals surface area contributed by atoms with Crippen molar-refractivity contribution in [3.63, 3.8) is 0 Å². The van der Waals surface area contributed by atoms with Crippen LogP contribution in [0.3, 0.4) is 0 Å². The molecule has 14 heavy (non-hydrogen) atoms. The summed E-state index contributed by atoms with van der Waals surface area (Å²) in [5.41, 5.74) is -0.673. The first-order valence-corrected chi connectivity index (χ1v) is 4.47. The Balaban J connectivity index is 3.21. The molecule has 0 aromatic carbocycles. The van der Waals surface area contributed by atoms with E-state index in [0.29, 0.717) is 4.47 Å². The average molecular weight is 265 g/mol. The SMILES string of the molecule is COc1c(Br)cc(C(O)OC)oc1=O. The third kappa shape index (κ3) is 2.14. The Bertz CT molecular complexity index is 372. The van der Waals surface area contributed by atoms with Crippen molar-refractivity contribution in [1.29, 1.82) is 0 Å². The Hall–Kier alpha value is -0.850. The van der Waals surface area contributed by atoms with E-state index in [9.17, 15) is 9.90 Å². The summed E-state index contributed by atoms with van der Waals surface area (Å²) >= 11 is 3.10. The van der Waals surface area contributed by atoms with Gasteiger partial charge in [-0.05, 0) is 15.9 Å². The monoisotopic (exact) mass is 264 g/mol. The van der Waals surface area contributed by atoms with Crippen molar-refractivity contribution in [3.05, 3.63) is 26.7 Å². The summed E-state index contributed by atoms with van der Waals surface area (Å²) in [5.74, 6) is 0.0715. The van der Waals surface area contributed by atoms with Crippen LogP contribution in [-0.4, -0.2) is 19.3 Å². The van der Waals surface area contributed by atoms with Gasteiger partial charge in [-0.3, -0.25) is 0 Å². The van der Waals surface area contributed by atoms with Gasteiger partial charge in [0.1, 0.15) is 0 Å². The highest BCUT2D eigenvalue weighted by atomic mass is 79.9. The molecular weight excluding hydrogens is 256 g/mol. The number of rotatable bonds is 3. The molecule has 1 unspecified atom stereocenters. The predicted octanol–water partition coefficient (Wildman–Crippen LogP) is 1.05. The van der Waals surface area contributed by atoms with Crippen molar-refractivity contribution >= 4 is 15.9 Å². The fourth-order valence-electron chi connectivity index (χ4n) is 0.889. The van der Waals surface area contributed by atoms with Crippen molar-refractivity contribution in [1.82, 2.24) is 0 Å².